The second-order valence-corrected chi connectivity index (χ2v) is 6.29. The van der Waals surface area contributed by atoms with E-state index in [4.69, 9.17) is 10.5 Å². The minimum absolute atomic E-state index is 0.355. The Balaban J connectivity index is 1.78. The van der Waals surface area contributed by atoms with Gasteiger partial charge >= 0.3 is 0 Å². The molecule has 0 radical (unpaired) electrons. The van der Waals surface area contributed by atoms with Gasteiger partial charge in [-0.15, -0.1) is 0 Å². The average Bonchev–Trinajstić information content (AvgIpc) is 3.02. The fraction of sp³-hybridized carbons (Fsp3) is 0.667. The average molecular weight is 313 g/mol. The summed E-state index contributed by atoms with van der Waals surface area (Å²) in [6, 6.07) is 0. The van der Waals surface area contributed by atoms with Crippen molar-refractivity contribution < 1.29 is 14.9 Å². The van der Waals surface area contributed by atoms with Gasteiger partial charge in [-0.2, -0.15) is 11.8 Å². The molecule has 0 bridgehead atoms. The molecule has 8 nitrogen and oxygen atoms in total. The Morgan fingerprint density at radius 3 is 3.05 bits per heavy atom. The number of aliphatic hydroxyl groups is 2. The second kappa shape index (κ2) is 5.84. The quantitative estimate of drug-likeness (QED) is 0.580. The third-order valence-electron chi connectivity index (χ3n) is 3.69. The van der Waals surface area contributed by atoms with E-state index in [0.717, 1.165) is 5.75 Å². The maximum absolute atomic E-state index is 10.3. The molecule has 1 saturated heterocycles. The monoisotopic (exact) mass is 313 g/mol. The number of nitrogens with one attached hydrogen (secondary N) is 1. The van der Waals surface area contributed by atoms with Gasteiger partial charge in [0.15, 0.2) is 17.9 Å². The summed E-state index contributed by atoms with van der Waals surface area (Å²) in [7, 11) is 0. The van der Waals surface area contributed by atoms with E-state index in [1.807, 2.05) is 6.92 Å². The minimum atomic E-state index is -0.989. The molecule has 0 unspecified atom stereocenters. The summed E-state index contributed by atoms with van der Waals surface area (Å²) in [5.74, 6) is 2.52. The number of hydrogen-bond acceptors (Lipinski definition) is 9. The predicted octanol–water partition coefficient (Wildman–Crippen LogP) is -0.552. The Bertz CT molecular complexity index is 520. The van der Waals surface area contributed by atoms with Crippen LogP contribution in [0.5, 0.6) is 0 Å². The van der Waals surface area contributed by atoms with Gasteiger partial charge in [0.05, 0.1) is 12.8 Å². The lowest BCUT2D eigenvalue weighted by molar-refractivity contribution is 0.0171. The molecular formula is C12H19N5O3S. The van der Waals surface area contributed by atoms with Crippen molar-refractivity contribution in [2.45, 2.75) is 31.5 Å². The minimum Gasteiger partial charge on any atom is -0.387 e. The molecule has 9 heteroatoms. The van der Waals surface area contributed by atoms with Crippen molar-refractivity contribution in [2.24, 2.45) is 0 Å². The summed E-state index contributed by atoms with van der Waals surface area (Å²) >= 11 is 1.67. The van der Waals surface area contributed by atoms with E-state index in [9.17, 15) is 10.2 Å². The first-order valence-corrected chi connectivity index (χ1v) is 7.99. The fourth-order valence-electron chi connectivity index (χ4n) is 2.58. The second-order valence-electron chi connectivity index (χ2n) is 4.97. The summed E-state index contributed by atoms with van der Waals surface area (Å²) in [4.78, 5) is 9.87. The topological polar surface area (TPSA) is 117 Å². The number of anilines is 3. The molecule has 0 amide bonds. The summed E-state index contributed by atoms with van der Waals surface area (Å²) < 4.78 is 5.83. The van der Waals surface area contributed by atoms with E-state index >= 15 is 0 Å². The fourth-order valence-corrected chi connectivity index (χ4v) is 3.33. The standard InChI is InChI=1S/C12H19N5O3S/c1-2-21-3-6-8(18)9(19)12(20-6)17-5-16-7-10(13)14-4-15-11(7)17/h4,6,8-9,12,16,18-19H,2-3,5H2,1H3,(H2,13,14,15)/t6-,8-,9-,12-/m1/s1. The molecule has 4 atom stereocenters. The highest BCUT2D eigenvalue weighted by atomic mass is 32.2. The molecule has 0 spiro atoms. The van der Waals surface area contributed by atoms with Gasteiger partial charge < -0.3 is 30.9 Å². The summed E-state index contributed by atoms with van der Waals surface area (Å²) in [6.45, 7) is 2.44. The lowest BCUT2D eigenvalue weighted by Gasteiger charge is -2.26. The molecule has 0 saturated carbocycles. The van der Waals surface area contributed by atoms with Crippen LogP contribution in [0.4, 0.5) is 17.3 Å². The number of nitrogen functional groups attached to an aromatic ring is 1. The van der Waals surface area contributed by atoms with Crippen LogP contribution in [0, 0.1) is 0 Å². The molecular weight excluding hydrogens is 294 g/mol. The van der Waals surface area contributed by atoms with Gasteiger partial charge in [0.2, 0.25) is 0 Å². The Labute approximate surface area is 126 Å². The smallest absolute Gasteiger partial charge is 0.162 e. The SMILES string of the molecule is CCSC[C@H]1O[C@@H](N2CNc3c(N)ncnc32)[C@H](O)[C@@H]1O. The molecule has 1 fully saturated rings. The number of aromatic nitrogens is 2. The Kier molecular flexibility index (Phi) is 4.07. The normalized spacial score (nSPS) is 31.3. The molecule has 2 aliphatic heterocycles. The van der Waals surface area contributed by atoms with Gasteiger partial charge in [-0.05, 0) is 5.75 Å². The highest BCUT2D eigenvalue weighted by Crippen LogP contribution is 2.37. The highest BCUT2D eigenvalue weighted by Gasteiger charge is 2.47. The summed E-state index contributed by atoms with van der Waals surface area (Å²) in [6.07, 6.45) is -1.56. The third-order valence-corrected chi connectivity index (χ3v) is 4.66. The van der Waals surface area contributed by atoms with Crippen molar-refractivity contribution in [2.75, 3.05) is 34.1 Å². The maximum atomic E-state index is 10.3. The van der Waals surface area contributed by atoms with E-state index in [-0.39, 0.29) is 0 Å². The van der Waals surface area contributed by atoms with Gasteiger partial charge in [0.25, 0.3) is 0 Å². The highest BCUT2D eigenvalue weighted by molar-refractivity contribution is 7.99. The van der Waals surface area contributed by atoms with Gasteiger partial charge in [-0.1, -0.05) is 6.92 Å². The van der Waals surface area contributed by atoms with Crippen LogP contribution in [0.15, 0.2) is 6.33 Å². The number of fused-ring (bicyclic) bond motifs is 1. The van der Waals surface area contributed by atoms with Crippen LogP contribution in [0.1, 0.15) is 6.92 Å². The van der Waals surface area contributed by atoms with E-state index in [2.05, 4.69) is 15.3 Å². The zero-order valence-corrected chi connectivity index (χ0v) is 12.5. The first-order valence-electron chi connectivity index (χ1n) is 6.83. The number of aliphatic hydroxyl groups excluding tert-OH is 2. The zero-order valence-electron chi connectivity index (χ0n) is 11.6. The molecule has 3 rings (SSSR count). The lowest BCUT2D eigenvalue weighted by atomic mass is 10.1. The zero-order chi connectivity index (χ0) is 15.0. The van der Waals surface area contributed by atoms with Crippen LogP contribution < -0.4 is 16.0 Å². The number of nitrogens with zero attached hydrogens (tertiary/aromatic N) is 3. The van der Waals surface area contributed by atoms with Crippen molar-refractivity contribution >= 4 is 29.1 Å². The van der Waals surface area contributed by atoms with Crippen LogP contribution >= 0.6 is 11.8 Å². The molecule has 1 aromatic heterocycles. The van der Waals surface area contributed by atoms with E-state index in [0.29, 0.717) is 29.7 Å². The number of nitrogens with two attached hydrogens (primary N) is 1. The number of ether oxygens (including phenoxy) is 1. The molecule has 2 aliphatic rings. The van der Waals surface area contributed by atoms with Gasteiger partial charge in [-0.3, -0.25) is 0 Å². The molecule has 5 N–H and O–H groups in total. The Hall–Kier alpha value is -1.29. The van der Waals surface area contributed by atoms with Crippen molar-refractivity contribution in [1.82, 2.24) is 9.97 Å². The van der Waals surface area contributed by atoms with Crippen molar-refractivity contribution in [3.63, 3.8) is 0 Å². The largest absolute Gasteiger partial charge is 0.387 e. The molecule has 21 heavy (non-hydrogen) atoms. The third kappa shape index (κ3) is 2.50. The van der Waals surface area contributed by atoms with Crippen LogP contribution in [-0.4, -0.2) is 62.9 Å². The van der Waals surface area contributed by atoms with Crippen LogP contribution in [-0.2, 0) is 4.74 Å². The lowest BCUT2D eigenvalue weighted by Crippen LogP contribution is -2.44. The predicted molar refractivity (Wildman–Crippen MR) is 81.1 cm³/mol. The first kappa shape index (κ1) is 14.6. The van der Waals surface area contributed by atoms with Gasteiger partial charge in [0, 0.05) is 5.75 Å². The molecule has 0 aromatic carbocycles. The maximum Gasteiger partial charge on any atom is 0.162 e. The number of thioether (sulfide) groups is 1. The van der Waals surface area contributed by atoms with Crippen molar-refractivity contribution in [1.29, 1.82) is 0 Å². The summed E-state index contributed by atoms with van der Waals surface area (Å²) in [5, 5.41) is 23.5. The molecule has 0 aliphatic carbocycles. The molecule has 116 valence electrons. The van der Waals surface area contributed by atoms with Gasteiger partial charge in [-0.25, -0.2) is 9.97 Å². The molecule has 1 aromatic rings. The van der Waals surface area contributed by atoms with E-state index < -0.39 is 24.5 Å². The number of rotatable bonds is 4. The molecule has 3 heterocycles. The van der Waals surface area contributed by atoms with E-state index in [1.54, 1.807) is 16.7 Å². The number of hydrogen-bond donors (Lipinski definition) is 4. The first-order chi connectivity index (χ1) is 10.1. The Morgan fingerprint density at radius 2 is 2.29 bits per heavy atom. The van der Waals surface area contributed by atoms with Crippen molar-refractivity contribution in [3.8, 4) is 0 Å². The van der Waals surface area contributed by atoms with Crippen LogP contribution in [0.2, 0.25) is 0 Å². The van der Waals surface area contributed by atoms with Crippen molar-refractivity contribution in [3.05, 3.63) is 6.33 Å². The van der Waals surface area contributed by atoms with Gasteiger partial charge in [0.1, 0.15) is 24.2 Å². The summed E-state index contributed by atoms with van der Waals surface area (Å²) in [5.41, 5.74) is 6.42. The van der Waals surface area contributed by atoms with E-state index in [1.165, 1.54) is 6.33 Å². The van der Waals surface area contributed by atoms with Crippen LogP contribution in [0.25, 0.3) is 0 Å². The van der Waals surface area contributed by atoms with Crippen LogP contribution in [0.3, 0.4) is 0 Å². The Morgan fingerprint density at radius 1 is 1.48 bits per heavy atom.